The summed E-state index contributed by atoms with van der Waals surface area (Å²) >= 11 is 0. The number of hydrogen-bond acceptors (Lipinski definition) is 5. The van der Waals surface area contributed by atoms with Crippen LogP contribution in [0.25, 0.3) is 16.6 Å². The van der Waals surface area contributed by atoms with Crippen molar-refractivity contribution >= 4 is 16.6 Å². The standard InChI is InChI=1S/C13H8N4O3/c18-13-11-6-1-2-7-12(11)14-15-16(13)9-4-3-5-10(8-9)17(19)20/h1-8H. The van der Waals surface area contributed by atoms with Gasteiger partial charge in [-0.25, -0.2) is 0 Å². The Hall–Kier alpha value is -3.09. The summed E-state index contributed by atoms with van der Waals surface area (Å²) in [6, 6.07) is 12.5. The molecule has 0 aliphatic carbocycles. The van der Waals surface area contributed by atoms with Crippen molar-refractivity contribution in [1.82, 2.24) is 15.0 Å². The Morgan fingerprint density at radius 2 is 1.90 bits per heavy atom. The third-order valence-corrected chi connectivity index (χ3v) is 2.85. The van der Waals surface area contributed by atoms with Crippen molar-refractivity contribution in [3.05, 3.63) is 69.0 Å². The lowest BCUT2D eigenvalue weighted by Gasteiger charge is -2.04. The van der Waals surface area contributed by atoms with Crippen molar-refractivity contribution in [2.24, 2.45) is 0 Å². The summed E-state index contributed by atoms with van der Waals surface area (Å²) in [6.07, 6.45) is 0. The summed E-state index contributed by atoms with van der Waals surface area (Å²) in [7, 11) is 0. The molecule has 3 aromatic rings. The number of non-ortho nitro benzene ring substituents is 1. The van der Waals surface area contributed by atoms with E-state index in [2.05, 4.69) is 10.3 Å². The molecule has 2 aromatic carbocycles. The van der Waals surface area contributed by atoms with Crippen LogP contribution in [0, 0.1) is 10.1 Å². The molecule has 1 heterocycles. The minimum absolute atomic E-state index is 0.107. The lowest BCUT2D eigenvalue weighted by Crippen LogP contribution is -2.22. The average molecular weight is 268 g/mol. The fourth-order valence-electron chi connectivity index (χ4n) is 1.90. The van der Waals surface area contributed by atoms with Crippen LogP contribution in [0.3, 0.4) is 0 Å². The second-order valence-corrected chi connectivity index (χ2v) is 4.10. The van der Waals surface area contributed by atoms with Crippen LogP contribution in [-0.4, -0.2) is 19.9 Å². The summed E-state index contributed by atoms with van der Waals surface area (Å²) in [5.41, 5.74) is 0.321. The SMILES string of the molecule is O=c1c2ccccc2nnn1-c1cccc([N+](=O)[O-])c1. The molecule has 0 atom stereocenters. The Balaban J connectivity index is 2.25. The van der Waals surface area contributed by atoms with Crippen molar-refractivity contribution in [3.63, 3.8) is 0 Å². The molecule has 3 rings (SSSR count). The largest absolute Gasteiger partial charge is 0.282 e. The van der Waals surface area contributed by atoms with Crippen LogP contribution in [0.1, 0.15) is 0 Å². The number of nitrogens with zero attached hydrogens (tertiary/aromatic N) is 4. The maximum atomic E-state index is 12.3. The summed E-state index contributed by atoms with van der Waals surface area (Å²) in [4.78, 5) is 22.5. The molecule has 0 saturated heterocycles. The van der Waals surface area contributed by atoms with E-state index in [1.165, 1.54) is 18.2 Å². The van der Waals surface area contributed by atoms with Gasteiger partial charge in [0.25, 0.3) is 11.2 Å². The Morgan fingerprint density at radius 3 is 2.70 bits per heavy atom. The van der Waals surface area contributed by atoms with Crippen LogP contribution >= 0.6 is 0 Å². The van der Waals surface area contributed by atoms with E-state index < -0.39 is 4.92 Å². The predicted molar refractivity (Wildman–Crippen MR) is 71.8 cm³/mol. The fourth-order valence-corrected chi connectivity index (χ4v) is 1.90. The van der Waals surface area contributed by atoms with Crippen LogP contribution in [0.15, 0.2) is 53.3 Å². The Bertz CT molecular complexity index is 873. The molecule has 7 heteroatoms. The van der Waals surface area contributed by atoms with Gasteiger partial charge in [0.2, 0.25) is 0 Å². The lowest BCUT2D eigenvalue weighted by molar-refractivity contribution is -0.384. The van der Waals surface area contributed by atoms with E-state index in [0.717, 1.165) is 4.68 Å². The van der Waals surface area contributed by atoms with Crippen molar-refractivity contribution in [1.29, 1.82) is 0 Å². The van der Waals surface area contributed by atoms with Gasteiger partial charge in [-0.2, -0.15) is 4.68 Å². The second-order valence-electron chi connectivity index (χ2n) is 4.10. The number of hydrogen-bond donors (Lipinski definition) is 0. The van der Waals surface area contributed by atoms with E-state index in [-0.39, 0.29) is 11.2 Å². The molecule has 0 aliphatic rings. The van der Waals surface area contributed by atoms with Gasteiger partial charge in [0.1, 0.15) is 5.52 Å². The molecule has 0 N–H and O–H groups in total. The number of benzene rings is 2. The van der Waals surface area contributed by atoms with Crippen LogP contribution < -0.4 is 5.56 Å². The monoisotopic (exact) mass is 268 g/mol. The molecule has 0 fully saturated rings. The van der Waals surface area contributed by atoms with Gasteiger partial charge in [-0.1, -0.05) is 23.4 Å². The fraction of sp³-hybridized carbons (Fsp3) is 0. The minimum atomic E-state index is -0.525. The maximum Gasteiger partial charge on any atom is 0.282 e. The van der Waals surface area contributed by atoms with Gasteiger partial charge in [-0.3, -0.25) is 14.9 Å². The molecule has 0 radical (unpaired) electrons. The van der Waals surface area contributed by atoms with Crippen LogP contribution in [0.5, 0.6) is 0 Å². The molecule has 20 heavy (non-hydrogen) atoms. The molecular formula is C13H8N4O3. The summed E-state index contributed by atoms with van der Waals surface area (Å²) in [5, 5.41) is 18.9. The molecular weight excluding hydrogens is 260 g/mol. The van der Waals surface area contributed by atoms with E-state index in [1.54, 1.807) is 30.3 Å². The van der Waals surface area contributed by atoms with Crippen LogP contribution in [0.4, 0.5) is 5.69 Å². The first kappa shape index (κ1) is 12.0. The zero-order valence-corrected chi connectivity index (χ0v) is 10.1. The smallest absolute Gasteiger partial charge is 0.267 e. The molecule has 0 saturated carbocycles. The van der Waals surface area contributed by atoms with Crippen molar-refractivity contribution in [2.45, 2.75) is 0 Å². The van der Waals surface area contributed by atoms with Crippen molar-refractivity contribution < 1.29 is 4.92 Å². The van der Waals surface area contributed by atoms with E-state index in [9.17, 15) is 14.9 Å². The molecule has 0 spiro atoms. The van der Waals surface area contributed by atoms with Gasteiger partial charge < -0.3 is 0 Å². The number of fused-ring (bicyclic) bond motifs is 1. The van der Waals surface area contributed by atoms with E-state index in [0.29, 0.717) is 16.6 Å². The van der Waals surface area contributed by atoms with Crippen molar-refractivity contribution in [2.75, 3.05) is 0 Å². The number of rotatable bonds is 2. The minimum Gasteiger partial charge on any atom is -0.267 e. The van der Waals surface area contributed by atoms with Gasteiger partial charge in [0.15, 0.2) is 0 Å². The number of nitro benzene ring substituents is 1. The van der Waals surface area contributed by atoms with Gasteiger partial charge in [-0.15, -0.1) is 5.10 Å². The number of nitro groups is 1. The third-order valence-electron chi connectivity index (χ3n) is 2.85. The first-order chi connectivity index (χ1) is 9.66. The summed E-state index contributed by atoms with van der Waals surface area (Å²) in [6.45, 7) is 0. The molecule has 7 nitrogen and oxygen atoms in total. The first-order valence-corrected chi connectivity index (χ1v) is 5.76. The van der Waals surface area contributed by atoms with E-state index >= 15 is 0 Å². The summed E-state index contributed by atoms with van der Waals surface area (Å²) in [5.74, 6) is 0. The van der Waals surface area contributed by atoms with Crippen molar-refractivity contribution in [3.8, 4) is 5.69 Å². The van der Waals surface area contributed by atoms with Crippen LogP contribution in [-0.2, 0) is 0 Å². The zero-order chi connectivity index (χ0) is 14.1. The highest BCUT2D eigenvalue weighted by Crippen LogP contribution is 2.15. The van der Waals surface area contributed by atoms with Crippen LogP contribution in [0.2, 0.25) is 0 Å². The molecule has 0 bridgehead atoms. The Kier molecular flexibility index (Phi) is 2.72. The van der Waals surface area contributed by atoms with E-state index in [1.807, 2.05) is 0 Å². The number of aromatic nitrogens is 3. The third kappa shape index (κ3) is 1.91. The molecule has 0 amide bonds. The Morgan fingerprint density at radius 1 is 1.10 bits per heavy atom. The highest BCUT2D eigenvalue weighted by atomic mass is 16.6. The van der Waals surface area contributed by atoms with E-state index in [4.69, 9.17) is 0 Å². The maximum absolute atomic E-state index is 12.3. The normalized spacial score (nSPS) is 10.6. The highest BCUT2D eigenvalue weighted by Gasteiger charge is 2.10. The first-order valence-electron chi connectivity index (χ1n) is 5.76. The summed E-state index contributed by atoms with van der Waals surface area (Å²) < 4.78 is 1.05. The molecule has 98 valence electrons. The quantitative estimate of drug-likeness (QED) is 0.521. The zero-order valence-electron chi connectivity index (χ0n) is 10.1. The molecule has 0 unspecified atom stereocenters. The Labute approximate surface area is 112 Å². The van der Waals surface area contributed by atoms with Gasteiger partial charge in [-0.05, 0) is 18.2 Å². The highest BCUT2D eigenvalue weighted by molar-refractivity contribution is 5.76. The lowest BCUT2D eigenvalue weighted by atomic mass is 10.2. The molecule has 1 aromatic heterocycles. The van der Waals surface area contributed by atoms with Gasteiger partial charge in [0.05, 0.1) is 16.0 Å². The second kappa shape index (κ2) is 4.54. The predicted octanol–water partition coefficient (Wildman–Crippen LogP) is 1.69. The topological polar surface area (TPSA) is 90.9 Å². The van der Waals surface area contributed by atoms with Gasteiger partial charge in [0, 0.05) is 12.1 Å². The van der Waals surface area contributed by atoms with Gasteiger partial charge >= 0.3 is 0 Å². The molecule has 0 aliphatic heterocycles. The average Bonchev–Trinajstić information content (AvgIpc) is 2.48.